The first-order valence-corrected chi connectivity index (χ1v) is 11.3. The van der Waals surface area contributed by atoms with Crippen LogP contribution in [0.15, 0.2) is 120 Å². The highest BCUT2D eigenvalue weighted by molar-refractivity contribution is 6.37. The summed E-state index contributed by atoms with van der Waals surface area (Å²) >= 11 is 5.99. The minimum Gasteiger partial charge on any atom is -0.488 e. The second kappa shape index (κ2) is 9.77. The van der Waals surface area contributed by atoms with E-state index in [-0.39, 0.29) is 5.91 Å². The van der Waals surface area contributed by atoms with Crippen molar-refractivity contribution in [3.8, 4) is 5.75 Å². The standard InChI is InChI=1S/C29H21ClN2O2/c30-24-17-15-21(16-18-24)20-34-27-14-8-7-11-23(27)19-26-28(22-9-3-1-4-10-22)31-32(29(26)33)25-12-5-2-6-13-25/h1-19H,20H2/b26-19+. The van der Waals surface area contributed by atoms with Gasteiger partial charge in [0, 0.05) is 16.1 Å². The molecule has 0 atom stereocenters. The van der Waals surface area contributed by atoms with Crippen molar-refractivity contribution in [3.05, 3.63) is 136 Å². The van der Waals surface area contributed by atoms with Crippen LogP contribution < -0.4 is 9.75 Å². The van der Waals surface area contributed by atoms with Crippen molar-refractivity contribution in [1.82, 2.24) is 0 Å². The molecular weight excluding hydrogens is 444 g/mol. The Kier molecular flexibility index (Phi) is 6.23. The highest BCUT2D eigenvalue weighted by atomic mass is 35.5. The van der Waals surface area contributed by atoms with E-state index in [0.717, 1.165) is 22.4 Å². The van der Waals surface area contributed by atoms with Crippen molar-refractivity contribution in [2.24, 2.45) is 5.10 Å². The van der Waals surface area contributed by atoms with Crippen LogP contribution in [0, 0.1) is 0 Å². The summed E-state index contributed by atoms with van der Waals surface area (Å²) in [5, 5.41) is 6.83. The number of carbonyl (C=O) groups is 1. The summed E-state index contributed by atoms with van der Waals surface area (Å²) in [6, 6.07) is 34.4. The van der Waals surface area contributed by atoms with Crippen molar-refractivity contribution >= 4 is 35.0 Å². The van der Waals surface area contributed by atoms with Crippen LogP contribution in [0.4, 0.5) is 5.69 Å². The summed E-state index contributed by atoms with van der Waals surface area (Å²) < 4.78 is 6.11. The van der Waals surface area contributed by atoms with Crippen LogP contribution in [0.25, 0.3) is 6.08 Å². The van der Waals surface area contributed by atoms with Crippen LogP contribution in [0.3, 0.4) is 0 Å². The van der Waals surface area contributed by atoms with E-state index in [2.05, 4.69) is 0 Å². The molecule has 5 rings (SSSR count). The molecule has 4 aromatic carbocycles. The summed E-state index contributed by atoms with van der Waals surface area (Å²) in [4.78, 5) is 13.5. The number of carbonyl (C=O) groups excluding carboxylic acids is 1. The number of halogens is 1. The van der Waals surface area contributed by atoms with E-state index in [1.54, 1.807) is 0 Å². The Morgan fingerprint density at radius 3 is 2.18 bits per heavy atom. The fourth-order valence-corrected chi connectivity index (χ4v) is 3.85. The minimum absolute atomic E-state index is 0.183. The molecule has 1 amide bonds. The van der Waals surface area contributed by atoms with Crippen molar-refractivity contribution in [2.45, 2.75) is 6.61 Å². The molecule has 166 valence electrons. The summed E-state index contributed by atoms with van der Waals surface area (Å²) in [5.41, 5.74) is 4.54. The highest BCUT2D eigenvalue weighted by Gasteiger charge is 2.32. The van der Waals surface area contributed by atoms with Gasteiger partial charge in [0.15, 0.2) is 0 Å². The Labute approximate surface area is 203 Å². The van der Waals surface area contributed by atoms with E-state index in [0.29, 0.717) is 28.7 Å². The molecular formula is C29H21ClN2O2. The molecule has 0 N–H and O–H groups in total. The molecule has 34 heavy (non-hydrogen) atoms. The van der Waals surface area contributed by atoms with Crippen LogP contribution in [-0.2, 0) is 11.4 Å². The maximum Gasteiger partial charge on any atom is 0.281 e. The molecule has 0 spiro atoms. The van der Waals surface area contributed by atoms with E-state index >= 15 is 0 Å². The molecule has 0 fully saturated rings. The largest absolute Gasteiger partial charge is 0.488 e. The normalized spacial score (nSPS) is 14.4. The van der Waals surface area contributed by atoms with Crippen LogP contribution in [0.2, 0.25) is 5.02 Å². The lowest BCUT2D eigenvalue weighted by atomic mass is 10.00. The Morgan fingerprint density at radius 2 is 1.44 bits per heavy atom. The lowest BCUT2D eigenvalue weighted by Gasteiger charge is -2.12. The average Bonchev–Trinajstić information content (AvgIpc) is 3.21. The first-order chi connectivity index (χ1) is 16.7. The Morgan fingerprint density at radius 1 is 0.794 bits per heavy atom. The molecule has 4 nitrogen and oxygen atoms in total. The zero-order valence-electron chi connectivity index (χ0n) is 18.3. The highest BCUT2D eigenvalue weighted by Crippen LogP contribution is 2.30. The van der Waals surface area contributed by atoms with Crippen molar-refractivity contribution in [1.29, 1.82) is 0 Å². The Balaban J connectivity index is 1.51. The molecule has 0 saturated heterocycles. The fourth-order valence-electron chi connectivity index (χ4n) is 3.73. The number of amides is 1. The fraction of sp³-hybridized carbons (Fsp3) is 0.0345. The van der Waals surface area contributed by atoms with Gasteiger partial charge in [0.1, 0.15) is 18.1 Å². The quantitative estimate of drug-likeness (QED) is 0.296. The number of rotatable bonds is 6. The first kappa shape index (κ1) is 21.7. The summed E-state index contributed by atoms with van der Waals surface area (Å²) in [6.07, 6.45) is 1.86. The Bertz CT molecular complexity index is 1360. The number of ether oxygens (including phenoxy) is 1. The van der Waals surface area contributed by atoms with Gasteiger partial charge in [-0.1, -0.05) is 90.5 Å². The van der Waals surface area contributed by atoms with Crippen LogP contribution in [0.5, 0.6) is 5.75 Å². The number of hydrogen-bond acceptors (Lipinski definition) is 3. The molecule has 1 aliphatic rings. The summed E-state index contributed by atoms with van der Waals surface area (Å²) in [5.74, 6) is 0.501. The van der Waals surface area contributed by atoms with Gasteiger partial charge in [0.05, 0.1) is 11.3 Å². The molecule has 0 bridgehead atoms. The van der Waals surface area contributed by atoms with Crippen molar-refractivity contribution in [3.63, 3.8) is 0 Å². The number of benzene rings is 4. The smallest absolute Gasteiger partial charge is 0.281 e. The van der Waals surface area contributed by atoms with Gasteiger partial charge < -0.3 is 4.74 Å². The summed E-state index contributed by atoms with van der Waals surface area (Å²) in [6.45, 7) is 0.390. The van der Waals surface area contributed by atoms with Gasteiger partial charge in [0.2, 0.25) is 0 Å². The SMILES string of the molecule is O=C1/C(=C/c2ccccc2OCc2ccc(Cl)cc2)C(c2ccccc2)=NN1c1ccccc1. The third-order valence-corrected chi connectivity index (χ3v) is 5.70. The average molecular weight is 465 g/mol. The Hall–Kier alpha value is -4.15. The number of nitrogens with zero attached hydrogens (tertiary/aromatic N) is 2. The molecule has 0 aromatic heterocycles. The van der Waals surface area contributed by atoms with E-state index in [1.165, 1.54) is 5.01 Å². The van der Waals surface area contributed by atoms with Crippen LogP contribution in [0.1, 0.15) is 16.7 Å². The number of anilines is 1. The predicted octanol–water partition coefficient (Wildman–Crippen LogP) is 6.75. The topological polar surface area (TPSA) is 41.9 Å². The first-order valence-electron chi connectivity index (χ1n) is 10.9. The van der Waals surface area contributed by atoms with E-state index in [1.807, 2.05) is 115 Å². The van der Waals surface area contributed by atoms with Gasteiger partial charge in [0.25, 0.3) is 5.91 Å². The maximum absolute atomic E-state index is 13.5. The molecule has 1 aliphatic heterocycles. The van der Waals surface area contributed by atoms with Crippen LogP contribution >= 0.6 is 11.6 Å². The van der Waals surface area contributed by atoms with Crippen LogP contribution in [-0.4, -0.2) is 11.6 Å². The third-order valence-electron chi connectivity index (χ3n) is 5.45. The predicted molar refractivity (Wildman–Crippen MR) is 137 cm³/mol. The van der Waals surface area contributed by atoms with Gasteiger partial charge in [-0.3, -0.25) is 4.79 Å². The van der Waals surface area contributed by atoms with Gasteiger partial charge in [-0.15, -0.1) is 0 Å². The molecule has 0 aliphatic carbocycles. The molecule has 5 heteroatoms. The second-order valence-corrected chi connectivity index (χ2v) is 8.21. The molecule has 0 saturated carbocycles. The zero-order valence-corrected chi connectivity index (χ0v) is 19.0. The molecule has 0 radical (unpaired) electrons. The third kappa shape index (κ3) is 4.63. The minimum atomic E-state index is -0.183. The number of hydrogen-bond donors (Lipinski definition) is 0. The molecule has 4 aromatic rings. The second-order valence-electron chi connectivity index (χ2n) is 7.78. The van der Waals surface area contributed by atoms with Crippen molar-refractivity contribution in [2.75, 3.05) is 5.01 Å². The van der Waals surface area contributed by atoms with Gasteiger partial charge in [-0.05, 0) is 42.0 Å². The molecule has 0 unspecified atom stereocenters. The monoisotopic (exact) mass is 464 g/mol. The van der Waals surface area contributed by atoms with E-state index in [4.69, 9.17) is 21.4 Å². The summed E-state index contributed by atoms with van der Waals surface area (Å²) in [7, 11) is 0. The maximum atomic E-state index is 13.5. The lowest BCUT2D eigenvalue weighted by molar-refractivity contribution is -0.114. The molecule has 1 heterocycles. The van der Waals surface area contributed by atoms with E-state index < -0.39 is 0 Å². The van der Waals surface area contributed by atoms with Gasteiger partial charge >= 0.3 is 0 Å². The zero-order chi connectivity index (χ0) is 23.3. The lowest BCUT2D eigenvalue weighted by Crippen LogP contribution is -2.21. The van der Waals surface area contributed by atoms with Crippen molar-refractivity contribution < 1.29 is 9.53 Å². The van der Waals surface area contributed by atoms with Gasteiger partial charge in [-0.2, -0.15) is 10.1 Å². The number of para-hydroxylation sites is 2. The van der Waals surface area contributed by atoms with E-state index in [9.17, 15) is 4.79 Å². The number of hydrazone groups is 1. The van der Waals surface area contributed by atoms with Gasteiger partial charge in [-0.25, -0.2) is 0 Å².